The van der Waals surface area contributed by atoms with Crippen molar-refractivity contribution < 1.29 is 5.11 Å². The summed E-state index contributed by atoms with van der Waals surface area (Å²) in [6.45, 7) is 8.72. The molecule has 7 heteroatoms. The fourth-order valence-electron chi connectivity index (χ4n) is 5.49. The molecule has 0 radical (unpaired) electrons. The summed E-state index contributed by atoms with van der Waals surface area (Å²) in [5.74, 6) is 1.26. The zero-order valence-corrected chi connectivity index (χ0v) is 21.2. The van der Waals surface area contributed by atoms with Gasteiger partial charge in [-0.05, 0) is 66.7 Å². The minimum Gasteiger partial charge on any atom is -0.396 e. The van der Waals surface area contributed by atoms with Gasteiger partial charge in [0.1, 0.15) is 0 Å². The van der Waals surface area contributed by atoms with Gasteiger partial charge in [-0.1, -0.05) is 26.0 Å². The first-order valence-electron chi connectivity index (χ1n) is 12.7. The van der Waals surface area contributed by atoms with E-state index < -0.39 is 0 Å². The third-order valence-corrected chi connectivity index (χ3v) is 7.90. The van der Waals surface area contributed by atoms with E-state index >= 15 is 0 Å². The molecule has 7 nitrogen and oxygen atoms in total. The molecule has 2 aromatic rings. The van der Waals surface area contributed by atoms with Crippen LogP contribution >= 0.6 is 0 Å². The number of rotatable bonds is 8. The van der Waals surface area contributed by atoms with Gasteiger partial charge in [-0.25, -0.2) is 0 Å². The maximum Gasteiger partial charge on any atom is 0.0780 e. The van der Waals surface area contributed by atoms with Gasteiger partial charge in [-0.2, -0.15) is 5.10 Å². The van der Waals surface area contributed by atoms with E-state index in [0.717, 1.165) is 26.2 Å². The Labute approximate surface area is 204 Å². The summed E-state index contributed by atoms with van der Waals surface area (Å²) < 4.78 is 1.84. The topological polar surface area (TPSA) is 59.8 Å². The van der Waals surface area contributed by atoms with Crippen molar-refractivity contribution in [2.45, 2.75) is 58.5 Å². The van der Waals surface area contributed by atoms with Crippen LogP contribution in [0.3, 0.4) is 0 Å². The van der Waals surface area contributed by atoms with Crippen molar-refractivity contribution in [3.63, 3.8) is 0 Å². The number of aliphatic hydroxyl groups is 1. The number of aliphatic hydroxyl groups excluding tert-OH is 1. The van der Waals surface area contributed by atoms with Crippen molar-refractivity contribution >= 4 is 5.70 Å². The fourth-order valence-corrected chi connectivity index (χ4v) is 5.49. The molecule has 1 saturated heterocycles. The zero-order chi connectivity index (χ0) is 23.9. The SMILES string of the molecule is CN1NN(Cc2cnn(C)c2)C=C1c1ccc(CN2CCC[C@H](C(C)(C)CO)C2)c(C2CC2)c1. The molecule has 3 heterocycles. The summed E-state index contributed by atoms with van der Waals surface area (Å²) in [5, 5.41) is 18.4. The molecular formula is C27H40N6O. The number of piperidine rings is 1. The third-order valence-electron chi connectivity index (χ3n) is 7.90. The minimum atomic E-state index is -0.00390. The second-order valence-corrected chi connectivity index (χ2v) is 11.2. The van der Waals surface area contributed by atoms with Gasteiger partial charge in [0, 0.05) is 57.3 Å². The van der Waals surface area contributed by atoms with Crippen molar-refractivity contribution in [3.05, 3.63) is 59.0 Å². The van der Waals surface area contributed by atoms with Gasteiger partial charge in [0.2, 0.25) is 0 Å². The van der Waals surface area contributed by atoms with Gasteiger partial charge in [-0.3, -0.25) is 19.6 Å². The molecule has 1 saturated carbocycles. The second-order valence-electron chi connectivity index (χ2n) is 11.2. The molecule has 0 bridgehead atoms. The first kappa shape index (κ1) is 23.4. The van der Waals surface area contributed by atoms with Gasteiger partial charge in [0.25, 0.3) is 0 Å². The van der Waals surface area contributed by atoms with Crippen molar-refractivity contribution in [2.75, 3.05) is 26.7 Å². The van der Waals surface area contributed by atoms with Crippen LogP contribution in [0.15, 0.2) is 36.8 Å². The van der Waals surface area contributed by atoms with E-state index in [1.54, 1.807) is 0 Å². The Morgan fingerprint density at radius 2 is 1.97 bits per heavy atom. The highest BCUT2D eigenvalue weighted by atomic mass is 16.3. The van der Waals surface area contributed by atoms with E-state index in [4.69, 9.17) is 0 Å². The molecule has 5 rings (SSSR count). The molecule has 1 atom stereocenters. The van der Waals surface area contributed by atoms with Gasteiger partial charge < -0.3 is 5.11 Å². The molecule has 1 aliphatic carbocycles. The van der Waals surface area contributed by atoms with E-state index in [9.17, 15) is 5.11 Å². The van der Waals surface area contributed by atoms with Crippen molar-refractivity contribution in [1.29, 1.82) is 0 Å². The van der Waals surface area contributed by atoms with Gasteiger partial charge in [0.15, 0.2) is 0 Å². The Morgan fingerprint density at radius 1 is 1.15 bits per heavy atom. The third kappa shape index (κ3) is 5.02. The van der Waals surface area contributed by atoms with Crippen LogP contribution in [-0.2, 0) is 20.1 Å². The minimum absolute atomic E-state index is 0.00390. The predicted molar refractivity (Wildman–Crippen MR) is 135 cm³/mol. The van der Waals surface area contributed by atoms with Crippen LogP contribution in [0.4, 0.5) is 0 Å². The van der Waals surface area contributed by atoms with Crippen molar-refractivity contribution in [3.8, 4) is 0 Å². The molecular weight excluding hydrogens is 424 g/mol. The smallest absolute Gasteiger partial charge is 0.0780 e. The number of aromatic nitrogens is 2. The largest absolute Gasteiger partial charge is 0.396 e. The molecule has 0 amide bonds. The van der Waals surface area contributed by atoms with Gasteiger partial charge >= 0.3 is 0 Å². The van der Waals surface area contributed by atoms with Crippen LogP contribution in [0.5, 0.6) is 0 Å². The van der Waals surface area contributed by atoms with E-state index in [1.165, 1.54) is 53.6 Å². The molecule has 1 aromatic carbocycles. The average Bonchev–Trinajstić information content (AvgIpc) is 3.49. The molecule has 0 spiro atoms. The van der Waals surface area contributed by atoms with Crippen molar-refractivity contribution in [1.82, 2.24) is 30.2 Å². The first-order valence-corrected chi connectivity index (χ1v) is 12.7. The number of hydrogen-bond acceptors (Lipinski definition) is 6. The number of nitrogens with zero attached hydrogens (tertiary/aromatic N) is 5. The quantitative estimate of drug-likeness (QED) is 0.621. The summed E-state index contributed by atoms with van der Waals surface area (Å²) >= 11 is 0. The van der Waals surface area contributed by atoms with E-state index in [-0.39, 0.29) is 12.0 Å². The number of likely N-dealkylation sites (tertiary alicyclic amines) is 1. The monoisotopic (exact) mass is 464 g/mol. The molecule has 184 valence electrons. The standard InChI is InChI=1S/C27H40N6O/c1-27(2,19-34)24-6-5-11-32(17-24)16-23-10-9-22(12-25(23)21-7-8-21)26-18-33(29-31(26)4)15-20-13-28-30(3)14-20/h9-10,12-14,18,21,24,29,34H,5-8,11,15-17,19H2,1-4H3/t24-/m0/s1. The molecule has 3 aliphatic rings. The van der Waals surface area contributed by atoms with Crippen LogP contribution in [0.1, 0.15) is 67.7 Å². The molecule has 2 aliphatic heterocycles. The van der Waals surface area contributed by atoms with Crippen LogP contribution < -0.4 is 5.53 Å². The molecule has 0 unspecified atom stereocenters. The Hall–Kier alpha value is -2.35. The molecule has 1 aromatic heterocycles. The lowest BCUT2D eigenvalue weighted by Crippen LogP contribution is -2.42. The highest BCUT2D eigenvalue weighted by molar-refractivity contribution is 5.66. The number of nitrogens with one attached hydrogen (secondary N) is 1. The van der Waals surface area contributed by atoms with Crippen molar-refractivity contribution in [2.24, 2.45) is 18.4 Å². The summed E-state index contributed by atoms with van der Waals surface area (Å²) in [4.78, 5) is 2.62. The summed E-state index contributed by atoms with van der Waals surface area (Å²) in [6, 6.07) is 7.09. The average molecular weight is 465 g/mol. The van der Waals surface area contributed by atoms with Gasteiger partial charge in [0.05, 0.1) is 18.4 Å². The first-order chi connectivity index (χ1) is 16.3. The summed E-state index contributed by atoms with van der Waals surface area (Å²) in [7, 11) is 4.03. The molecule has 2 N–H and O–H groups in total. The zero-order valence-electron chi connectivity index (χ0n) is 21.2. The van der Waals surface area contributed by atoms with Crippen LogP contribution in [-0.4, -0.2) is 56.5 Å². The second kappa shape index (κ2) is 9.36. The Morgan fingerprint density at radius 3 is 2.68 bits per heavy atom. The normalized spacial score (nSPS) is 21.9. The maximum absolute atomic E-state index is 9.87. The maximum atomic E-state index is 9.87. The highest BCUT2D eigenvalue weighted by Gasteiger charge is 2.34. The predicted octanol–water partition coefficient (Wildman–Crippen LogP) is 3.69. The number of aryl methyl sites for hydroxylation is 1. The molecule has 2 fully saturated rings. The van der Waals surface area contributed by atoms with Crippen LogP contribution in [0.25, 0.3) is 5.70 Å². The summed E-state index contributed by atoms with van der Waals surface area (Å²) in [5.41, 5.74) is 10.1. The Balaban J connectivity index is 1.32. The number of benzene rings is 1. The number of hydrogen-bond donors (Lipinski definition) is 2. The highest BCUT2D eigenvalue weighted by Crippen LogP contribution is 2.43. The van der Waals surface area contributed by atoms with Crippen LogP contribution in [0, 0.1) is 11.3 Å². The van der Waals surface area contributed by atoms with Gasteiger partial charge in [-0.15, -0.1) is 5.53 Å². The lowest BCUT2D eigenvalue weighted by atomic mass is 9.75. The van der Waals surface area contributed by atoms with E-state index in [1.807, 2.05) is 17.9 Å². The Bertz CT molecular complexity index is 1040. The lowest BCUT2D eigenvalue weighted by Gasteiger charge is -2.41. The van der Waals surface area contributed by atoms with E-state index in [0.29, 0.717) is 11.8 Å². The fraction of sp³-hybridized carbons (Fsp3) is 0.593. The molecule has 34 heavy (non-hydrogen) atoms. The number of hydrazine groups is 2. The van der Waals surface area contributed by atoms with E-state index in [2.05, 4.69) is 77.0 Å². The Kier molecular flexibility index (Phi) is 6.44. The summed E-state index contributed by atoms with van der Waals surface area (Å²) in [6.07, 6.45) is 11.2. The van der Waals surface area contributed by atoms with Crippen LogP contribution in [0.2, 0.25) is 0 Å². The lowest BCUT2D eigenvalue weighted by molar-refractivity contribution is 0.0381.